The number of hydrogen-bond donors (Lipinski definition) is 0. The quantitative estimate of drug-likeness (QED) is 0.588. The summed E-state index contributed by atoms with van der Waals surface area (Å²) in [5, 5.41) is 12.1. The summed E-state index contributed by atoms with van der Waals surface area (Å²) in [6, 6.07) is 4.98. The van der Waals surface area contributed by atoms with Crippen LogP contribution >= 0.6 is 15.9 Å². The Morgan fingerprint density at radius 2 is 2.13 bits per heavy atom. The first-order valence-electron chi connectivity index (χ1n) is 4.29. The number of rotatable bonds is 1. The van der Waals surface area contributed by atoms with Gasteiger partial charge in [0.1, 0.15) is 0 Å². The largest absolute Gasteiger partial charge is 0.278 e. The molecule has 0 fully saturated rings. The Kier molecular flexibility index (Phi) is 2.40. The Hall–Kier alpha value is -1.49. The van der Waals surface area contributed by atoms with Gasteiger partial charge in [-0.2, -0.15) is 0 Å². The van der Waals surface area contributed by atoms with Gasteiger partial charge in [-0.1, -0.05) is 15.9 Å². The number of fused-ring (bicyclic) bond motifs is 1. The molecule has 2 rings (SSSR count). The van der Waals surface area contributed by atoms with E-state index in [2.05, 4.69) is 20.9 Å². The van der Waals surface area contributed by atoms with Crippen LogP contribution in [-0.2, 0) is 0 Å². The van der Waals surface area contributed by atoms with Crippen LogP contribution in [-0.4, -0.2) is 9.91 Å². The van der Waals surface area contributed by atoms with Crippen LogP contribution in [0.2, 0.25) is 0 Å². The maximum atomic E-state index is 10.8. The topological polar surface area (TPSA) is 56.0 Å². The minimum Gasteiger partial charge on any atom is -0.261 e. The molecule has 2 aromatic rings. The molecule has 0 spiro atoms. The standard InChI is InChI=1S/C10H7BrN2O2/c1-6-4-7-8(5-12-6)10(13(14)15)3-2-9(7)11/h2-5H,1H3. The van der Waals surface area contributed by atoms with Crippen molar-refractivity contribution in [3.8, 4) is 0 Å². The number of hydrogen-bond acceptors (Lipinski definition) is 3. The Morgan fingerprint density at radius 3 is 2.80 bits per heavy atom. The van der Waals surface area contributed by atoms with Crippen LogP contribution in [0.1, 0.15) is 5.69 Å². The number of halogens is 1. The van der Waals surface area contributed by atoms with E-state index in [1.807, 2.05) is 13.0 Å². The van der Waals surface area contributed by atoms with Crippen LogP contribution in [0, 0.1) is 17.0 Å². The van der Waals surface area contributed by atoms with Crippen molar-refractivity contribution < 1.29 is 4.92 Å². The van der Waals surface area contributed by atoms with Gasteiger partial charge >= 0.3 is 0 Å². The van der Waals surface area contributed by atoms with Crippen molar-refractivity contribution in [3.05, 3.63) is 44.7 Å². The van der Waals surface area contributed by atoms with Crippen LogP contribution < -0.4 is 0 Å². The van der Waals surface area contributed by atoms with Crippen LogP contribution in [0.5, 0.6) is 0 Å². The third-order valence-corrected chi connectivity index (χ3v) is 2.85. The normalized spacial score (nSPS) is 10.5. The zero-order valence-corrected chi connectivity index (χ0v) is 9.48. The minimum absolute atomic E-state index is 0.0840. The molecule has 76 valence electrons. The number of non-ortho nitro benzene ring substituents is 1. The molecule has 1 heterocycles. The fourth-order valence-corrected chi connectivity index (χ4v) is 1.91. The molecule has 0 N–H and O–H groups in total. The molecule has 0 bridgehead atoms. The summed E-state index contributed by atoms with van der Waals surface area (Å²) in [5.41, 5.74) is 0.921. The second kappa shape index (κ2) is 3.58. The lowest BCUT2D eigenvalue weighted by molar-refractivity contribution is -0.383. The molecular formula is C10H7BrN2O2. The zero-order chi connectivity index (χ0) is 11.0. The van der Waals surface area contributed by atoms with E-state index < -0.39 is 4.92 Å². The number of nitrogens with zero attached hydrogens (tertiary/aromatic N) is 2. The van der Waals surface area contributed by atoms with Gasteiger partial charge in [0.25, 0.3) is 5.69 Å². The van der Waals surface area contributed by atoms with E-state index in [9.17, 15) is 10.1 Å². The summed E-state index contributed by atoms with van der Waals surface area (Å²) in [6.45, 7) is 1.85. The van der Waals surface area contributed by atoms with Crippen LogP contribution in [0.15, 0.2) is 28.9 Å². The summed E-state index contributed by atoms with van der Waals surface area (Å²) in [6.07, 6.45) is 1.54. The van der Waals surface area contributed by atoms with E-state index in [1.54, 1.807) is 6.07 Å². The number of pyridine rings is 1. The predicted octanol–water partition coefficient (Wildman–Crippen LogP) is 3.21. The second-order valence-corrected chi connectivity index (χ2v) is 4.05. The van der Waals surface area contributed by atoms with Crippen molar-refractivity contribution >= 4 is 32.4 Å². The van der Waals surface area contributed by atoms with Gasteiger partial charge in [0.05, 0.1) is 10.3 Å². The zero-order valence-electron chi connectivity index (χ0n) is 7.90. The Morgan fingerprint density at radius 1 is 1.40 bits per heavy atom. The molecule has 0 saturated carbocycles. The molecular weight excluding hydrogens is 260 g/mol. The highest BCUT2D eigenvalue weighted by molar-refractivity contribution is 9.10. The molecule has 1 aromatic carbocycles. The third kappa shape index (κ3) is 1.70. The SMILES string of the molecule is Cc1cc2c(Br)ccc([N+](=O)[O-])c2cn1. The maximum absolute atomic E-state index is 10.8. The number of benzene rings is 1. The van der Waals surface area contributed by atoms with Gasteiger partial charge in [-0.05, 0) is 19.1 Å². The first-order valence-corrected chi connectivity index (χ1v) is 5.08. The Bertz CT molecular complexity index is 554. The van der Waals surface area contributed by atoms with Crippen LogP contribution in [0.25, 0.3) is 10.8 Å². The highest BCUT2D eigenvalue weighted by Gasteiger charge is 2.13. The highest BCUT2D eigenvalue weighted by Crippen LogP contribution is 2.31. The first kappa shape index (κ1) is 10.0. The summed E-state index contributed by atoms with van der Waals surface area (Å²) in [5.74, 6) is 0. The van der Waals surface area contributed by atoms with Gasteiger partial charge < -0.3 is 0 Å². The lowest BCUT2D eigenvalue weighted by atomic mass is 10.1. The molecule has 0 aliphatic carbocycles. The van der Waals surface area contributed by atoms with E-state index in [-0.39, 0.29) is 5.69 Å². The molecule has 4 nitrogen and oxygen atoms in total. The molecule has 0 atom stereocenters. The average molecular weight is 267 g/mol. The van der Waals surface area contributed by atoms with E-state index in [0.29, 0.717) is 5.39 Å². The van der Waals surface area contributed by atoms with Crippen molar-refractivity contribution in [3.63, 3.8) is 0 Å². The maximum Gasteiger partial charge on any atom is 0.278 e. The molecule has 1 aromatic heterocycles. The second-order valence-electron chi connectivity index (χ2n) is 3.19. The molecule has 0 unspecified atom stereocenters. The summed E-state index contributed by atoms with van der Waals surface area (Å²) < 4.78 is 0.841. The van der Waals surface area contributed by atoms with Gasteiger partial charge in [-0.15, -0.1) is 0 Å². The fraction of sp³-hybridized carbons (Fsp3) is 0.100. The lowest BCUT2D eigenvalue weighted by Gasteiger charge is -2.02. The number of aryl methyl sites for hydroxylation is 1. The van der Waals surface area contributed by atoms with Gasteiger partial charge in [-0.3, -0.25) is 15.1 Å². The summed E-state index contributed by atoms with van der Waals surface area (Å²) >= 11 is 3.36. The van der Waals surface area contributed by atoms with E-state index in [1.165, 1.54) is 12.3 Å². The number of nitro benzene ring substituents is 1. The monoisotopic (exact) mass is 266 g/mol. The minimum atomic E-state index is -0.397. The van der Waals surface area contributed by atoms with Crippen molar-refractivity contribution in [1.82, 2.24) is 4.98 Å². The third-order valence-electron chi connectivity index (χ3n) is 2.16. The molecule has 0 radical (unpaired) electrons. The van der Waals surface area contributed by atoms with Crippen molar-refractivity contribution in [2.75, 3.05) is 0 Å². The summed E-state index contributed by atoms with van der Waals surface area (Å²) in [7, 11) is 0. The first-order chi connectivity index (χ1) is 7.09. The molecule has 0 saturated heterocycles. The predicted molar refractivity (Wildman–Crippen MR) is 60.8 cm³/mol. The van der Waals surface area contributed by atoms with E-state index in [0.717, 1.165) is 15.6 Å². The Labute approximate surface area is 94.2 Å². The summed E-state index contributed by atoms with van der Waals surface area (Å²) in [4.78, 5) is 14.4. The van der Waals surface area contributed by atoms with Crippen molar-refractivity contribution in [2.24, 2.45) is 0 Å². The number of nitro groups is 1. The molecule has 5 heteroatoms. The average Bonchev–Trinajstić information content (AvgIpc) is 2.19. The number of aromatic nitrogens is 1. The Balaban J connectivity index is 2.88. The van der Waals surface area contributed by atoms with Crippen molar-refractivity contribution in [2.45, 2.75) is 6.92 Å². The lowest BCUT2D eigenvalue weighted by Crippen LogP contribution is -1.91. The van der Waals surface area contributed by atoms with Crippen LogP contribution in [0.4, 0.5) is 5.69 Å². The molecule has 0 aliphatic heterocycles. The van der Waals surface area contributed by atoms with Crippen molar-refractivity contribution in [1.29, 1.82) is 0 Å². The van der Waals surface area contributed by atoms with Gasteiger partial charge in [-0.25, -0.2) is 0 Å². The van der Waals surface area contributed by atoms with Gasteiger partial charge in [0.15, 0.2) is 0 Å². The smallest absolute Gasteiger partial charge is 0.261 e. The van der Waals surface area contributed by atoms with E-state index in [4.69, 9.17) is 0 Å². The van der Waals surface area contributed by atoms with Crippen LogP contribution in [0.3, 0.4) is 0 Å². The van der Waals surface area contributed by atoms with Gasteiger partial charge in [0.2, 0.25) is 0 Å². The fourth-order valence-electron chi connectivity index (χ4n) is 1.45. The molecule has 0 aliphatic rings. The van der Waals surface area contributed by atoms with Gasteiger partial charge in [0, 0.05) is 27.8 Å². The highest BCUT2D eigenvalue weighted by atomic mass is 79.9. The molecule has 0 amide bonds. The van der Waals surface area contributed by atoms with E-state index >= 15 is 0 Å². The molecule has 15 heavy (non-hydrogen) atoms.